The number of aliphatic hydroxyl groups is 1. The Morgan fingerprint density at radius 1 is 0.809 bits per heavy atom. The van der Waals surface area contributed by atoms with E-state index in [1.165, 1.54) is 55.9 Å². The second kappa shape index (κ2) is 25.6. The van der Waals surface area contributed by atoms with Crippen molar-refractivity contribution in [2.45, 2.75) is 142 Å². The van der Waals surface area contributed by atoms with E-state index in [4.69, 9.17) is 18.9 Å². The first-order valence-corrected chi connectivity index (χ1v) is 22.1. The molecule has 0 spiro atoms. The number of esters is 3. The zero-order chi connectivity index (χ0) is 52.1. The highest BCUT2D eigenvalue weighted by molar-refractivity contribution is 6.01. The van der Waals surface area contributed by atoms with Crippen LogP contribution in [0.25, 0.3) is 0 Å². The Hall–Kier alpha value is -6.42. The number of likely N-dealkylation sites (N-methyl/N-ethyl adjacent to an activating group) is 3. The van der Waals surface area contributed by atoms with Crippen molar-refractivity contribution in [1.82, 2.24) is 36.0 Å². The van der Waals surface area contributed by atoms with Gasteiger partial charge >= 0.3 is 17.9 Å². The van der Waals surface area contributed by atoms with Crippen LogP contribution in [0.15, 0.2) is 42.6 Å². The van der Waals surface area contributed by atoms with Crippen LogP contribution < -0.4 is 21.3 Å². The topological polar surface area (TPSA) is 286 Å². The molecular weight excluding hydrogens is 891 g/mol. The number of amides is 7. The quantitative estimate of drug-likeness (QED) is 0.0989. The van der Waals surface area contributed by atoms with Crippen molar-refractivity contribution in [3.63, 3.8) is 0 Å². The van der Waals surface area contributed by atoms with Gasteiger partial charge in [-0.2, -0.15) is 0 Å². The standard InChI is InChI=1S/C46H69N7O15/c1-22(2)37(56)34(49-30(11)55)45(63)68-38(23(3)4)35-43(61)53(14)36(28(9)65-15)46(64)66-27(8)33(48-29(10)54)44(62)67-32(21-31-19-17-16-18-20-31)42(60)52(13)25(6)39(57)47-24(5)41(59)51(12)26(7)40(58)50-35/h16-20,22-24,26-28,32-38,56H,6,21H2,1-5,7-15H3,(H,47,57)(H,48,54)(H,49,55)(H,50,58)/t24-,26-,27+,28+,32+,33-,34-,35-,36?,37+,38+/m0/s1. The van der Waals surface area contributed by atoms with Crippen molar-refractivity contribution in [3.05, 3.63) is 48.2 Å². The lowest BCUT2D eigenvalue weighted by atomic mass is 9.95. The van der Waals surface area contributed by atoms with Crippen LogP contribution in [0, 0.1) is 11.8 Å². The highest BCUT2D eigenvalue weighted by atomic mass is 16.6. The van der Waals surface area contributed by atoms with Gasteiger partial charge in [-0.3, -0.25) is 33.6 Å². The summed E-state index contributed by atoms with van der Waals surface area (Å²) in [6, 6.07) is -1.31. The smallest absolute Gasteiger partial charge is 0.333 e. The van der Waals surface area contributed by atoms with Gasteiger partial charge in [0, 0.05) is 48.5 Å². The van der Waals surface area contributed by atoms with Gasteiger partial charge in [0.05, 0.1) is 12.2 Å². The fourth-order valence-corrected chi connectivity index (χ4v) is 7.04. The average molecular weight is 960 g/mol. The predicted molar refractivity (Wildman–Crippen MR) is 243 cm³/mol. The van der Waals surface area contributed by atoms with E-state index >= 15 is 0 Å². The molecule has 1 aromatic carbocycles. The Labute approximate surface area is 397 Å². The predicted octanol–water partition coefficient (Wildman–Crippen LogP) is -0.649. The number of benzene rings is 1. The normalized spacial score (nSPS) is 25.2. The van der Waals surface area contributed by atoms with Crippen LogP contribution in [0.5, 0.6) is 0 Å². The maximum Gasteiger partial charge on any atom is 0.333 e. The third-order valence-corrected chi connectivity index (χ3v) is 11.5. The fraction of sp³-hybridized carbons (Fsp3) is 0.609. The summed E-state index contributed by atoms with van der Waals surface area (Å²) in [5, 5.41) is 20.7. The van der Waals surface area contributed by atoms with Gasteiger partial charge in [0.2, 0.25) is 29.5 Å². The summed E-state index contributed by atoms with van der Waals surface area (Å²) in [5.74, 6) is -11.2. The zero-order valence-electron chi connectivity index (χ0n) is 41.3. The number of ether oxygens (including phenoxy) is 4. The van der Waals surface area contributed by atoms with E-state index in [0.717, 1.165) is 28.5 Å². The number of carbonyl (C=O) groups is 10. The molecule has 1 unspecified atom stereocenters. The summed E-state index contributed by atoms with van der Waals surface area (Å²) in [5.41, 5.74) is 0.0526. The lowest BCUT2D eigenvalue weighted by molar-refractivity contribution is -0.174. The Balaban J connectivity index is 2.89. The first-order chi connectivity index (χ1) is 31.6. The average Bonchev–Trinajstić information content (AvgIpc) is 3.27. The van der Waals surface area contributed by atoms with E-state index in [1.807, 2.05) is 0 Å². The lowest BCUT2D eigenvalue weighted by Gasteiger charge is -2.38. The molecule has 0 aromatic heterocycles. The van der Waals surface area contributed by atoms with Crippen molar-refractivity contribution >= 4 is 59.3 Å². The number of nitrogens with zero attached hydrogens (tertiary/aromatic N) is 3. The van der Waals surface area contributed by atoms with E-state index in [9.17, 15) is 53.1 Å². The summed E-state index contributed by atoms with van der Waals surface area (Å²) in [6.45, 7) is 17.5. The second-order valence-corrected chi connectivity index (χ2v) is 17.5. The van der Waals surface area contributed by atoms with E-state index in [-0.39, 0.29) is 6.42 Å². The molecule has 68 heavy (non-hydrogen) atoms. The van der Waals surface area contributed by atoms with Crippen molar-refractivity contribution in [1.29, 1.82) is 0 Å². The van der Waals surface area contributed by atoms with Crippen LogP contribution in [-0.2, 0) is 73.3 Å². The summed E-state index contributed by atoms with van der Waals surface area (Å²) in [6.07, 6.45) is -7.68. The Kier molecular flexibility index (Phi) is 21.8. The number of methoxy groups -OCH3 is 1. The third kappa shape index (κ3) is 15.3. The molecule has 22 heteroatoms. The largest absolute Gasteiger partial charge is 0.458 e. The molecule has 11 atom stereocenters. The molecule has 0 saturated carbocycles. The molecule has 7 amide bonds. The van der Waals surface area contributed by atoms with E-state index < -0.39 is 144 Å². The number of hydrogen-bond donors (Lipinski definition) is 5. The van der Waals surface area contributed by atoms with Crippen LogP contribution in [0.1, 0.15) is 74.8 Å². The SMILES string of the molecule is C=C1C(=O)N[C@@H](C)C(=O)N(C)[C@@H](C)C(=O)N[C@@H]([C@H](OC(=O)[C@@H](NC(C)=O)[C@H](O)C(C)C)C(C)C)C(=O)N(C)C([C@@H](C)OC)C(=O)O[C@H](C)[C@H](NC(C)=O)C(=O)O[C@H](Cc2ccccc2)C(=O)N1C. The molecule has 0 aliphatic carbocycles. The van der Waals surface area contributed by atoms with Gasteiger partial charge in [0.15, 0.2) is 24.2 Å². The second-order valence-electron chi connectivity index (χ2n) is 17.5. The lowest BCUT2D eigenvalue weighted by Crippen LogP contribution is -2.63. The minimum atomic E-state index is -1.86. The Morgan fingerprint density at radius 3 is 1.91 bits per heavy atom. The summed E-state index contributed by atoms with van der Waals surface area (Å²) in [7, 11) is 4.83. The number of cyclic esters (lactones) is 2. The molecule has 378 valence electrons. The molecule has 2 rings (SSSR count). The molecule has 0 bridgehead atoms. The molecule has 1 aromatic rings. The zero-order valence-corrected chi connectivity index (χ0v) is 41.3. The maximum atomic E-state index is 14.9. The summed E-state index contributed by atoms with van der Waals surface area (Å²) in [4.78, 5) is 140. The monoisotopic (exact) mass is 959 g/mol. The van der Waals surface area contributed by atoms with Crippen LogP contribution in [0.2, 0.25) is 0 Å². The minimum absolute atomic E-state index is 0.231. The van der Waals surface area contributed by atoms with Crippen molar-refractivity contribution in [2.75, 3.05) is 28.3 Å². The van der Waals surface area contributed by atoms with Gasteiger partial charge in [-0.25, -0.2) is 14.4 Å². The molecule has 22 nitrogen and oxygen atoms in total. The highest BCUT2D eigenvalue weighted by Gasteiger charge is 2.46. The summed E-state index contributed by atoms with van der Waals surface area (Å²) >= 11 is 0. The van der Waals surface area contributed by atoms with Gasteiger partial charge < -0.3 is 60.0 Å². The first kappa shape index (κ1) is 57.7. The molecular formula is C46H69N7O15. The first-order valence-electron chi connectivity index (χ1n) is 22.1. The van der Waals surface area contributed by atoms with Crippen molar-refractivity contribution in [2.24, 2.45) is 11.8 Å². The number of aliphatic hydroxyl groups excluding tert-OH is 1. The van der Waals surface area contributed by atoms with Crippen LogP contribution in [-0.4, -0.2) is 174 Å². The maximum absolute atomic E-state index is 14.9. The molecule has 1 heterocycles. The number of hydrogen-bond acceptors (Lipinski definition) is 15. The van der Waals surface area contributed by atoms with Crippen molar-refractivity contribution in [3.8, 4) is 0 Å². The van der Waals surface area contributed by atoms with Gasteiger partial charge in [-0.15, -0.1) is 0 Å². The van der Waals surface area contributed by atoms with Crippen LogP contribution in [0.4, 0.5) is 0 Å². The van der Waals surface area contributed by atoms with Crippen LogP contribution in [0.3, 0.4) is 0 Å². The number of nitrogens with one attached hydrogen (secondary N) is 4. The van der Waals surface area contributed by atoms with E-state index in [0.29, 0.717) is 5.56 Å². The van der Waals surface area contributed by atoms with Crippen molar-refractivity contribution < 1.29 is 72.0 Å². The molecule has 1 aliphatic rings. The van der Waals surface area contributed by atoms with Gasteiger partial charge in [0.25, 0.3) is 11.8 Å². The molecule has 0 radical (unpaired) electrons. The third-order valence-electron chi connectivity index (χ3n) is 11.5. The molecule has 5 N–H and O–H groups in total. The van der Waals surface area contributed by atoms with E-state index in [1.54, 1.807) is 58.0 Å². The number of rotatable bonds is 12. The molecule has 1 fully saturated rings. The molecule has 1 aliphatic heterocycles. The number of carbonyl (C=O) groups excluding carboxylic acids is 10. The Morgan fingerprint density at radius 2 is 1.40 bits per heavy atom. The Bertz CT molecular complexity index is 2030. The minimum Gasteiger partial charge on any atom is -0.458 e. The van der Waals surface area contributed by atoms with Gasteiger partial charge in [0.1, 0.15) is 36.0 Å². The van der Waals surface area contributed by atoms with Crippen LogP contribution >= 0.6 is 0 Å². The summed E-state index contributed by atoms with van der Waals surface area (Å²) < 4.78 is 22.9. The van der Waals surface area contributed by atoms with Gasteiger partial charge in [-0.05, 0) is 45.1 Å². The van der Waals surface area contributed by atoms with Gasteiger partial charge in [-0.1, -0.05) is 64.6 Å². The fourth-order valence-electron chi connectivity index (χ4n) is 7.04. The highest BCUT2D eigenvalue weighted by Crippen LogP contribution is 2.22. The molecule has 1 saturated heterocycles. The van der Waals surface area contributed by atoms with E-state index in [2.05, 4.69) is 27.8 Å².